The van der Waals surface area contributed by atoms with Crippen LogP contribution in [0.1, 0.15) is 49.7 Å². The highest BCUT2D eigenvalue weighted by atomic mass is 16.5. The zero-order chi connectivity index (χ0) is 13.9. The number of hydrogen-bond acceptors (Lipinski definition) is 2. The van der Waals surface area contributed by atoms with Crippen molar-refractivity contribution in [3.05, 3.63) is 35.4 Å². The summed E-state index contributed by atoms with van der Waals surface area (Å²) in [6.45, 7) is 2.15. The van der Waals surface area contributed by atoms with Crippen molar-refractivity contribution in [3.63, 3.8) is 0 Å². The summed E-state index contributed by atoms with van der Waals surface area (Å²) in [4.78, 5) is 11.3. The second kappa shape index (κ2) is 5.74. The molecule has 0 unspecified atom stereocenters. The van der Waals surface area contributed by atoms with Gasteiger partial charge in [-0.3, -0.25) is 0 Å². The summed E-state index contributed by atoms with van der Waals surface area (Å²) in [5.74, 6) is -0.358. The molecule has 0 atom stereocenters. The fraction of sp³-hybridized carbons (Fsp3) is 0.562. The van der Waals surface area contributed by atoms with Crippen molar-refractivity contribution in [3.8, 4) is 0 Å². The number of carboxylic acid groups (broad SMARTS) is 1. The Hall–Kier alpha value is -1.35. The second-order valence-electron chi connectivity index (χ2n) is 5.37. The van der Waals surface area contributed by atoms with Crippen LogP contribution in [-0.2, 0) is 16.0 Å². The Morgan fingerprint density at radius 1 is 1.32 bits per heavy atom. The number of methoxy groups -OCH3 is 1. The maximum Gasteiger partial charge on any atom is 0.335 e. The lowest BCUT2D eigenvalue weighted by Gasteiger charge is -2.35. The number of carboxylic acids is 1. The van der Waals surface area contributed by atoms with Crippen LogP contribution in [0.3, 0.4) is 0 Å². The van der Waals surface area contributed by atoms with Gasteiger partial charge in [-0.25, -0.2) is 4.79 Å². The van der Waals surface area contributed by atoms with Crippen molar-refractivity contribution >= 4 is 5.97 Å². The lowest BCUT2D eigenvalue weighted by molar-refractivity contribution is -0.166. The van der Waals surface area contributed by atoms with Crippen LogP contribution >= 0.6 is 0 Å². The highest BCUT2D eigenvalue weighted by Gasteiger charge is 2.42. The molecule has 0 saturated heterocycles. The molecule has 0 bridgehead atoms. The number of aliphatic carboxylic acids is 1. The minimum absolute atomic E-state index is 0.466. The van der Waals surface area contributed by atoms with Gasteiger partial charge in [0, 0.05) is 7.11 Å². The van der Waals surface area contributed by atoms with Gasteiger partial charge >= 0.3 is 5.97 Å². The largest absolute Gasteiger partial charge is 0.479 e. The van der Waals surface area contributed by atoms with Crippen molar-refractivity contribution in [1.29, 1.82) is 0 Å². The highest BCUT2D eigenvalue weighted by Crippen LogP contribution is 2.39. The standard InChI is InChI=1S/C16H22O3/c1-3-12-4-6-13(7-5-12)14-8-10-16(19-2,11-9-14)15(17)18/h4-7,14H,3,8-11H2,1-2H3,(H,17,18). The monoisotopic (exact) mass is 262 g/mol. The summed E-state index contributed by atoms with van der Waals surface area (Å²) in [5, 5.41) is 9.29. The number of hydrogen-bond donors (Lipinski definition) is 1. The van der Waals surface area contributed by atoms with E-state index >= 15 is 0 Å². The van der Waals surface area contributed by atoms with Gasteiger partial charge in [-0.2, -0.15) is 0 Å². The zero-order valence-electron chi connectivity index (χ0n) is 11.7. The van der Waals surface area contributed by atoms with E-state index in [-0.39, 0.29) is 0 Å². The third-order valence-electron chi connectivity index (χ3n) is 4.43. The average molecular weight is 262 g/mol. The van der Waals surface area contributed by atoms with Gasteiger partial charge in [0.05, 0.1) is 0 Å². The zero-order valence-corrected chi connectivity index (χ0v) is 11.7. The molecule has 1 N–H and O–H groups in total. The molecular formula is C16H22O3. The predicted molar refractivity (Wildman–Crippen MR) is 74.4 cm³/mol. The van der Waals surface area contributed by atoms with Gasteiger partial charge in [0.1, 0.15) is 0 Å². The SMILES string of the molecule is CCc1ccc(C2CCC(OC)(C(=O)O)CC2)cc1. The molecule has 2 rings (SSSR count). The van der Waals surface area contributed by atoms with E-state index in [0.717, 1.165) is 19.3 Å². The number of benzene rings is 1. The summed E-state index contributed by atoms with van der Waals surface area (Å²) in [5.41, 5.74) is 1.71. The lowest BCUT2D eigenvalue weighted by Crippen LogP contribution is -2.43. The van der Waals surface area contributed by atoms with E-state index in [9.17, 15) is 9.90 Å². The van der Waals surface area contributed by atoms with Gasteiger partial charge < -0.3 is 9.84 Å². The number of carbonyl (C=O) groups is 1. The van der Waals surface area contributed by atoms with Crippen molar-refractivity contribution in [2.24, 2.45) is 0 Å². The lowest BCUT2D eigenvalue weighted by atomic mass is 9.76. The van der Waals surface area contributed by atoms with Crippen LogP contribution in [0.15, 0.2) is 24.3 Å². The number of rotatable bonds is 4. The molecule has 0 aliphatic heterocycles. The van der Waals surface area contributed by atoms with Crippen molar-refractivity contribution in [2.75, 3.05) is 7.11 Å². The quantitative estimate of drug-likeness (QED) is 0.904. The van der Waals surface area contributed by atoms with E-state index in [0.29, 0.717) is 18.8 Å². The Morgan fingerprint density at radius 3 is 2.32 bits per heavy atom. The van der Waals surface area contributed by atoms with Gasteiger partial charge in [0.25, 0.3) is 0 Å². The van der Waals surface area contributed by atoms with E-state index in [1.807, 2.05) is 0 Å². The molecule has 1 aromatic carbocycles. The molecule has 3 nitrogen and oxygen atoms in total. The average Bonchev–Trinajstić information content (AvgIpc) is 2.47. The summed E-state index contributed by atoms with van der Waals surface area (Å²) in [6, 6.07) is 8.71. The number of ether oxygens (including phenoxy) is 1. The first-order valence-corrected chi connectivity index (χ1v) is 6.98. The molecule has 0 spiro atoms. The minimum atomic E-state index is -0.958. The summed E-state index contributed by atoms with van der Waals surface area (Å²) in [6.07, 6.45) is 4.01. The van der Waals surface area contributed by atoms with Crippen LogP contribution in [0.25, 0.3) is 0 Å². The van der Waals surface area contributed by atoms with E-state index in [1.165, 1.54) is 18.2 Å². The van der Waals surface area contributed by atoms with Gasteiger partial charge in [0.2, 0.25) is 0 Å². The van der Waals surface area contributed by atoms with Gasteiger partial charge in [-0.15, -0.1) is 0 Å². The van der Waals surface area contributed by atoms with Crippen LogP contribution in [0.5, 0.6) is 0 Å². The minimum Gasteiger partial charge on any atom is -0.479 e. The van der Waals surface area contributed by atoms with E-state index < -0.39 is 11.6 Å². The first kappa shape index (κ1) is 14.1. The maximum absolute atomic E-state index is 11.3. The maximum atomic E-state index is 11.3. The molecule has 0 radical (unpaired) electrons. The molecule has 0 amide bonds. The van der Waals surface area contributed by atoms with Crippen LogP contribution in [0.2, 0.25) is 0 Å². The third kappa shape index (κ3) is 2.81. The van der Waals surface area contributed by atoms with Crippen molar-refractivity contribution < 1.29 is 14.6 Å². The summed E-state index contributed by atoms with van der Waals surface area (Å²) in [7, 11) is 1.50. The van der Waals surface area contributed by atoms with Crippen LogP contribution in [-0.4, -0.2) is 23.8 Å². The van der Waals surface area contributed by atoms with E-state index in [1.54, 1.807) is 0 Å². The van der Waals surface area contributed by atoms with Crippen LogP contribution in [0, 0.1) is 0 Å². The Bertz CT molecular complexity index is 428. The fourth-order valence-electron chi connectivity index (χ4n) is 2.95. The summed E-state index contributed by atoms with van der Waals surface area (Å²) < 4.78 is 5.26. The smallest absolute Gasteiger partial charge is 0.335 e. The van der Waals surface area contributed by atoms with Crippen LogP contribution in [0.4, 0.5) is 0 Å². The molecule has 19 heavy (non-hydrogen) atoms. The Kier molecular flexibility index (Phi) is 4.25. The first-order valence-electron chi connectivity index (χ1n) is 6.98. The van der Waals surface area contributed by atoms with E-state index in [4.69, 9.17) is 4.74 Å². The van der Waals surface area contributed by atoms with Gasteiger partial charge in [0.15, 0.2) is 5.60 Å². The predicted octanol–water partition coefficient (Wildman–Crippen LogP) is 3.38. The molecule has 0 heterocycles. The van der Waals surface area contributed by atoms with E-state index in [2.05, 4.69) is 31.2 Å². The molecule has 1 saturated carbocycles. The molecular weight excluding hydrogens is 240 g/mol. The number of aryl methyl sites for hydroxylation is 1. The fourth-order valence-corrected chi connectivity index (χ4v) is 2.95. The van der Waals surface area contributed by atoms with Gasteiger partial charge in [-0.1, -0.05) is 31.2 Å². The molecule has 1 fully saturated rings. The third-order valence-corrected chi connectivity index (χ3v) is 4.43. The topological polar surface area (TPSA) is 46.5 Å². The molecule has 1 aliphatic carbocycles. The summed E-state index contributed by atoms with van der Waals surface area (Å²) >= 11 is 0. The second-order valence-corrected chi connectivity index (χ2v) is 5.37. The normalized spacial score (nSPS) is 27.2. The van der Waals surface area contributed by atoms with Crippen LogP contribution < -0.4 is 0 Å². The van der Waals surface area contributed by atoms with Crippen molar-refractivity contribution in [2.45, 2.75) is 50.5 Å². The Balaban J connectivity index is 2.04. The highest BCUT2D eigenvalue weighted by molar-refractivity contribution is 5.77. The molecule has 1 aliphatic rings. The Morgan fingerprint density at radius 2 is 1.89 bits per heavy atom. The van der Waals surface area contributed by atoms with Crippen molar-refractivity contribution in [1.82, 2.24) is 0 Å². The molecule has 0 aromatic heterocycles. The van der Waals surface area contributed by atoms with Gasteiger partial charge in [-0.05, 0) is 49.1 Å². The first-order chi connectivity index (χ1) is 9.11. The molecule has 3 heteroatoms. The Labute approximate surface area is 114 Å². The molecule has 1 aromatic rings. The molecule has 104 valence electrons.